The van der Waals surface area contributed by atoms with Crippen LogP contribution in [0.1, 0.15) is 29.8 Å². The zero-order valence-electron chi connectivity index (χ0n) is 18.8. The number of rotatable bonds is 11. The predicted octanol–water partition coefficient (Wildman–Crippen LogP) is 4.75. The minimum Gasteiger partial charge on any atom is -0.463 e. The van der Waals surface area contributed by atoms with Gasteiger partial charge in [-0.05, 0) is 44.2 Å². The molecule has 0 spiro atoms. The van der Waals surface area contributed by atoms with E-state index in [0.29, 0.717) is 6.07 Å². The van der Waals surface area contributed by atoms with Crippen LogP contribution in [0, 0.1) is 10.1 Å². The fourth-order valence-corrected chi connectivity index (χ4v) is 2.91. The Morgan fingerprint density at radius 1 is 1.11 bits per heavy atom. The summed E-state index contributed by atoms with van der Waals surface area (Å²) >= 11 is 5.85. The summed E-state index contributed by atoms with van der Waals surface area (Å²) in [6.45, 7) is 1.42. The molecular formula is C22H19ClF3NO9. The summed E-state index contributed by atoms with van der Waals surface area (Å²) in [5, 5.41) is 10.9. The van der Waals surface area contributed by atoms with E-state index < -0.39 is 65.0 Å². The minimum absolute atomic E-state index is 0.0817. The van der Waals surface area contributed by atoms with Crippen molar-refractivity contribution in [3.63, 3.8) is 0 Å². The van der Waals surface area contributed by atoms with Crippen LogP contribution in [0.2, 0.25) is 5.02 Å². The largest absolute Gasteiger partial charge is 0.463 e. The van der Waals surface area contributed by atoms with Crippen molar-refractivity contribution >= 4 is 35.0 Å². The van der Waals surface area contributed by atoms with Crippen LogP contribution in [0.5, 0.6) is 11.5 Å². The Kier molecular flexibility index (Phi) is 9.76. The number of ketones is 1. The Bertz CT molecular complexity index is 1150. The number of carbonyl (C=O) groups is 3. The summed E-state index contributed by atoms with van der Waals surface area (Å²) < 4.78 is 58.2. The molecule has 0 bridgehead atoms. The highest BCUT2D eigenvalue weighted by atomic mass is 35.5. The van der Waals surface area contributed by atoms with E-state index in [0.717, 1.165) is 30.3 Å². The van der Waals surface area contributed by atoms with E-state index in [4.69, 9.17) is 25.8 Å². The Hall–Kier alpha value is -3.71. The number of nitrogens with zero attached hydrogens (tertiary/aromatic N) is 1. The molecule has 2 rings (SSSR count). The second-order valence-corrected chi connectivity index (χ2v) is 7.39. The van der Waals surface area contributed by atoms with Crippen molar-refractivity contribution in [1.82, 2.24) is 0 Å². The van der Waals surface area contributed by atoms with Crippen LogP contribution in [0.3, 0.4) is 0 Å². The monoisotopic (exact) mass is 533 g/mol. The number of nitro benzene ring substituents is 1. The van der Waals surface area contributed by atoms with Crippen molar-refractivity contribution in [2.24, 2.45) is 0 Å². The molecule has 0 saturated heterocycles. The van der Waals surface area contributed by atoms with Gasteiger partial charge in [0.1, 0.15) is 30.3 Å². The molecule has 10 nitrogen and oxygen atoms in total. The van der Waals surface area contributed by atoms with Crippen LogP contribution in [-0.4, -0.2) is 48.6 Å². The van der Waals surface area contributed by atoms with E-state index in [-0.39, 0.29) is 23.1 Å². The molecule has 36 heavy (non-hydrogen) atoms. The second-order valence-electron chi connectivity index (χ2n) is 6.98. The molecule has 14 heteroatoms. The normalized spacial score (nSPS) is 11.9. The third kappa shape index (κ3) is 7.92. The molecule has 2 aromatic carbocycles. The first-order chi connectivity index (χ1) is 16.8. The highest BCUT2D eigenvalue weighted by Gasteiger charge is 2.31. The van der Waals surface area contributed by atoms with Gasteiger partial charge in [-0.15, -0.1) is 0 Å². The standard InChI is InChI=1S/C22H19ClF3NO9/c1-3-34-21(30)12(2)35-20(29)11-33-10-18(28)15-9-14(5-6-17(15)27(31)32)36-19-7-4-13(8-16(19)23)22(24,25)26/h4-9,12H,3,10-11H2,1-2H3. The van der Waals surface area contributed by atoms with Crippen LogP contribution in [0.25, 0.3) is 0 Å². The van der Waals surface area contributed by atoms with E-state index in [1.807, 2.05) is 0 Å². The molecular weight excluding hydrogens is 515 g/mol. The number of Topliss-reactive ketones (excluding diaryl/α,β-unsaturated/α-hetero) is 1. The Morgan fingerprint density at radius 3 is 2.39 bits per heavy atom. The van der Waals surface area contributed by atoms with Gasteiger partial charge in [0.2, 0.25) is 0 Å². The molecule has 1 unspecified atom stereocenters. The van der Waals surface area contributed by atoms with E-state index in [2.05, 4.69) is 4.74 Å². The van der Waals surface area contributed by atoms with Crippen LogP contribution in [-0.2, 0) is 30.0 Å². The number of hydrogen-bond acceptors (Lipinski definition) is 9. The molecule has 0 aromatic heterocycles. The summed E-state index contributed by atoms with van der Waals surface area (Å²) in [5.74, 6) is -2.98. The molecule has 0 saturated carbocycles. The average molecular weight is 534 g/mol. The molecule has 2 aromatic rings. The quantitative estimate of drug-likeness (QED) is 0.174. The number of ether oxygens (including phenoxy) is 4. The van der Waals surface area contributed by atoms with Gasteiger partial charge in [0.25, 0.3) is 5.69 Å². The third-order valence-electron chi connectivity index (χ3n) is 4.33. The number of halogens is 4. The third-order valence-corrected chi connectivity index (χ3v) is 4.63. The molecule has 194 valence electrons. The van der Waals surface area contributed by atoms with Crippen LogP contribution in [0.4, 0.5) is 18.9 Å². The summed E-state index contributed by atoms with van der Waals surface area (Å²) in [5.41, 5.74) is -2.06. The summed E-state index contributed by atoms with van der Waals surface area (Å²) in [6.07, 6.45) is -5.83. The highest BCUT2D eigenvalue weighted by molar-refractivity contribution is 6.32. The van der Waals surface area contributed by atoms with Gasteiger partial charge >= 0.3 is 18.1 Å². The van der Waals surface area contributed by atoms with Crippen molar-refractivity contribution in [2.75, 3.05) is 19.8 Å². The molecule has 0 fully saturated rings. The number of carbonyl (C=O) groups excluding carboxylic acids is 3. The molecule has 0 amide bonds. The number of hydrogen-bond donors (Lipinski definition) is 0. The van der Waals surface area contributed by atoms with Gasteiger partial charge in [0, 0.05) is 6.07 Å². The highest BCUT2D eigenvalue weighted by Crippen LogP contribution is 2.37. The number of benzene rings is 2. The Morgan fingerprint density at radius 2 is 1.81 bits per heavy atom. The van der Waals surface area contributed by atoms with Gasteiger partial charge in [-0.1, -0.05) is 11.6 Å². The lowest BCUT2D eigenvalue weighted by atomic mass is 10.1. The molecule has 0 N–H and O–H groups in total. The average Bonchev–Trinajstić information content (AvgIpc) is 2.79. The summed E-state index contributed by atoms with van der Waals surface area (Å²) in [6, 6.07) is 5.39. The maximum atomic E-state index is 12.8. The van der Waals surface area contributed by atoms with Gasteiger partial charge < -0.3 is 18.9 Å². The van der Waals surface area contributed by atoms with Gasteiger partial charge in [-0.2, -0.15) is 13.2 Å². The number of alkyl halides is 3. The summed E-state index contributed by atoms with van der Waals surface area (Å²) in [4.78, 5) is 46.2. The first-order valence-corrected chi connectivity index (χ1v) is 10.5. The van der Waals surface area contributed by atoms with Gasteiger partial charge in [-0.3, -0.25) is 14.9 Å². The van der Waals surface area contributed by atoms with Gasteiger partial charge in [0.15, 0.2) is 11.9 Å². The lowest BCUT2D eigenvalue weighted by Crippen LogP contribution is -2.28. The SMILES string of the molecule is CCOC(=O)C(C)OC(=O)COCC(=O)c1cc(Oc2ccc(C(F)(F)F)cc2Cl)ccc1[N+](=O)[O-]. The van der Waals surface area contributed by atoms with Crippen molar-refractivity contribution in [3.05, 3.63) is 62.7 Å². The Labute approximate surface area is 207 Å². The predicted molar refractivity (Wildman–Crippen MR) is 117 cm³/mol. The Balaban J connectivity index is 2.10. The van der Waals surface area contributed by atoms with Crippen LogP contribution in [0.15, 0.2) is 36.4 Å². The van der Waals surface area contributed by atoms with Gasteiger partial charge in [0.05, 0.1) is 22.1 Å². The zero-order chi connectivity index (χ0) is 27.0. The number of nitro groups is 1. The fourth-order valence-electron chi connectivity index (χ4n) is 2.69. The molecule has 0 radical (unpaired) electrons. The smallest absolute Gasteiger partial charge is 0.416 e. The van der Waals surface area contributed by atoms with E-state index in [1.165, 1.54) is 6.92 Å². The van der Waals surface area contributed by atoms with E-state index >= 15 is 0 Å². The second kappa shape index (κ2) is 12.3. The molecule has 1 atom stereocenters. The minimum atomic E-state index is -4.63. The molecule has 0 heterocycles. The lowest BCUT2D eigenvalue weighted by molar-refractivity contribution is -0.385. The van der Waals surface area contributed by atoms with Crippen molar-refractivity contribution < 1.29 is 51.4 Å². The molecule has 0 aliphatic rings. The summed E-state index contributed by atoms with van der Waals surface area (Å²) in [7, 11) is 0. The van der Waals surface area contributed by atoms with Crippen molar-refractivity contribution in [3.8, 4) is 11.5 Å². The van der Waals surface area contributed by atoms with E-state index in [1.54, 1.807) is 6.92 Å². The van der Waals surface area contributed by atoms with Crippen molar-refractivity contribution in [1.29, 1.82) is 0 Å². The molecule has 0 aliphatic carbocycles. The molecule has 0 aliphatic heterocycles. The lowest BCUT2D eigenvalue weighted by Gasteiger charge is -2.12. The van der Waals surface area contributed by atoms with E-state index in [9.17, 15) is 37.7 Å². The first-order valence-electron chi connectivity index (χ1n) is 10.1. The van der Waals surface area contributed by atoms with Crippen molar-refractivity contribution in [2.45, 2.75) is 26.1 Å². The zero-order valence-corrected chi connectivity index (χ0v) is 19.6. The fraction of sp³-hybridized carbons (Fsp3) is 0.318. The van der Waals surface area contributed by atoms with Crippen LogP contribution < -0.4 is 4.74 Å². The maximum absolute atomic E-state index is 12.8. The maximum Gasteiger partial charge on any atom is 0.416 e. The van der Waals surface area contributed by atoms with Gasteiger partial charge in [-0.25, -0.2) is 9.59 Å². The topological polar surface area (TPSA) is 131 Å². The first kappa shape index (κ1) is 28.5. The number of esters is 2. The van der Waals surface area contributed by atoms with Crippen LogP contribution >= 0.6 is 11.6 Å².